The molecular weight excluding hydrogens is 238 g/mol. The molecule has 1 unspecified atom stereocenters. The van der Waals surface area contributed by atoms with Crippen molar-refractivity contribution in [3.8, 4) is 5.75 Å². The van der Waals surface area contributed by atoms with Crippen LogP contribution in [-0.2, 0) is 4.74 Å². The second kappa shape index (κ2) is 7.54. The molecule has 0 bridgehead atoms. The van der Waals surface area contributed by atoms with Crippen LogP contribution in [0, 0.1) is 6.92 Å². The molecule has 4 heteroatoms. The van der Waals surface area contributed by atoms with Gasteiger partial charge in [0.15, 0.2) is 0 Å². The monoisotopic (exact) mass is 257 g/mol. The molecule has 0 aromatic heterocycles. The van der Waals surface area contributed by atoms with Gasteiger partial charge in [-0.3, -0.25) is 0 Å². The van der Waals surface area contributed by atoms with Crippen LogP contribution in [-0.4, -0.2) is 25.9 Å². The van der Waals surface area contributed by atoms with E-state index in [1.165, 1.54) is 0 Å². The molecule has 0 amide bonds. The van der Waals surface area contributed by atoms with E-state index < -0.39 is 0 Å². The Morgan fingerprint density at radius 3 is 2.76 bits per heavy atom. The molecule has 96 valence electrons. The van der Waals surface area contributed by atoms with E-state index in [0.717, 1.165) is 12.0 Å². The molecule has 2 N–H and O–H groups in total. The predicted octanol–water partition coefficient (Wildman–Crippen LogP) is 2.78. The molecule has 0 aliphatic carbocycles. The van der Waals surface area contributed by atoms with Crippen molar-refractivity contribution in [1.82, 2.24) is 0 Å². The van der Waals surface area contributed by atoms with Gasteiger partial charge in [-0.05, 0) is 31.5 Å². The number of hydrogen-bond acceptors (Lipinski definition) is 3. The van der Waals surface area contributed by atoms with Gasteiger partial charge in [0.1, 0.15) is 5.75 Å². The molecule has 1 atom stereocenters. The maximum Gasteiger partial charge on any atom is 0.137 e. The second-order valence-electron chi connectivity index (χ2n) is 3.88. The topological polar surface area (TPSA) is 44.5 Å². The zero-order valence-electron chi connectivity index (χ0n) is 10.4. The second-order valence-corrected chi connectivity index (χ2v) is 4.29. The summed E-state index contributed by atoms with van der Waals surface area (Å²) in [6, 6.07) is 5.75. The smallest absolute Gasteiger partial charge is 0.137 e. The van der Waals surface area contributed by atoms with E-state index in [2.05, 4.69) is 0 Å². The van der Waals surface area contributed by atoms with Gasteiger partial charge in [0.2, 0.25) is 0 Å². The maximum absolute atomic E-state index is 6.06. The van der Waals surface area contributed by atoms with E-state index in [0.29, 0.717) is 30.5 Å². The predicted molar refractivity (Wildman–Crippen MR) is 70.8 cm³/mol. The number of halogens is 1. The number of hydrogen-bond donors (Lipinski definition) is 1. The van der Waals surface area contributed by atoms with Gasteiger partial charge in [-0.2, -0.15) is 0 Å². The Morgan fingerprint density at radius 1 is 1.41 bits per heavy atom. The first-order valence-electron chi connectivity index (χ1n) is 5.88. The molecule has 0 saturated carbocycles. The summed E-state index contributed by atoms with van der Waals surface area (Å²) in [4.78, 5) is 0. The Bertz CT molecular complexity index is 344. The van der Waals surface area contributed by atoms with Crippen LogP contribution in [0.3, 0.4) is 0 Å². The summed E-state index contributed by atoms with van der Waals surface area (Å²) in [7, 11) is 0. The number of ether oxygens (including phenoxy) is 2. The third-order valence-corrected chi connectivity index (χ3v) is 2.75. The first-order chi connectivity index (χ1) is 8.17. The van der Waals surface area contributed by atoms with Gasteiger partial charge >= 0.3 is 0 Å². The van der Waals surface area contributed by atoms with Gasteiger partial charge in [0.05, 0.1) is 17.7 Å². The average Bonchev–Trinajstić information content (AvgIpc) is 2.30. The summed E-state index contributed by atoms with van der Waals surface area (Å²) in [6.07, 6.45) is 0.832. The van der Waals surface area contributed by atoms with Crippen LogP contribution >= 0.6 is 11.6 Å². The van der Waals surface area contributed by atoms with E-state index in [-0.39, 0.29) is 6.10 Å². The molecule has 1 aromatic carbocycles. The molecule has 1 aromatic rings. The zero-order valence-corrected chi connectivity index (χ0v) is 11.2. The molecule has 0 aliphatic heterocycles. The van der Waals surface area contributed by atoms with E-state index in [4.69, 9.17) is 26.8 Å². The van der Waals surface area contributed by atoms with Crippen molar-refractivity contribution in [2.24, 2.45) is 5.73 Å². The fourth-order valence-corrected chi connectivity index (χ4v) is 1.82. The van der Waals surface area contributed by atoms with Crippen molar-refractivity contribution in [3.63, 3.8) is 0 Å². The summed E-state index contributed by atoms with van der Waals surface area (Å²) in [6.45, 7) is 5.70. The van der Waals surface area contributed by atoms with Crippen LogP contribution in [0.5, 0.6) is 5.75 Å². The summed E-state index contributed by atoms with van der Waals surface area (Å²) >= 11 is 6.06. The molecule has 0 spiro atoms. The number of aryl methyl sites for hydroxylation is 1. The van der Waals surface area contributed by atoms with Gasteiger partial charge in [-0.1, -0.05) is 17.7 Å². The Labute approximate surface area is 108 Å². The third-order valence-electron chi connectivity index (χ3n) is 2.45. The Kier molecular flexibility index (Phi) is 6.34. The van der Waals surface area contributed by atoms with Gasteiger partial charge in [-0.15, -0.1) is 0 Å². The lowest BCUT2D eigenvalue weighted by Gasteiger charge is -2.15. The standard InChI is InChI=1S/C13H20ClNO2/c1-3-16-11(9-15)6-7-17-13-5-4-10(2)8-12(13)14/h4-5,8,11H,3,6-7,9,15H2,1-2H3. The van der Waals surface area contributed by atoms with Crippen LogP contribution in [0.25, 0.3) is 0 Å². The van der Waals surface area contributed by atoms with Crippen LogP contribution < -0.4 is 10.5 Å². The van der Waals surface area contributed by atoms with Crippen molar-refractivity contribution < 1.29 is 9.47 Å². The number of benzene rings is 1. The molecule has 0 fully saturated rings. The van der Waals surface area contributed by atoms with Crippen molar-refractivity contribution in [2.45, 2.75) is 26.4 Å². The SMILES string of the molecule is CCOC(CN)CCOc1ccc(C)cc1Cl. The lowest BCUT2D eigenvalue weighted by atomic mass is 10.2. The van der Waals surface area contributed by atoms with Crippen LogP contribution in [0.4, 0.5) is 0 Å². The highest BCUT2D eigenvalue weighted by Gasteiger charge is 2.07. The Hall–Kier alpha value is -0.770. The average molecular weight is 258 g/mol. The number of nitrogens with two attached hydrogens (primary N) is 1. The van der Waals surface area contributed by atoms with E-state index in [1.54, 1.807) is 0 Å². The summed E-state index contributed by atoms with van der Waals surface area (Å²) in [5.74, 6) is 0.713. The minimum absolute atomic E-state index is 0.0595. The summed E-state index contributed by atoms with van der Waals surface area (Å²) in [5.41, 5.74) is 6.70. The third kappa shape index (κ3) is 4.94. The zero-order chi connectivity index (χ0) is 12.7. The normalized spacial score (nSPS) is 12.5. The lowest BCUT2D eigenvalue weighted by Crippen LogP contribution is -2.25. The molecular formula is C13H20ClNO2. The van der Waals surface area contributed by atoms with Crippen molar-refractivity contribution in [1.29, 1.82) is 0 Å². The van der Waals surface area contributed by atoms with E-state index >= 15 is 0 Å². The largest absolute Gasteiger partial charge is 0.492 e. The van der Waals surface area contributed by atoms with Crippen LogP contribution in [0.2, 0.25) is 5.02 Å². The quantitative estimate of drug-likeness (QED) is 0.817. The first kappa shape index (κ1) is 14.3. The maximum atomic E-state index is 6.06. The fraction of sp³-hybridized carbons (Fsp3) is 0.538. The van der Waals surface area contributed by atoms with Crippen LogP contribution in [0.1, 0.15) is 18.9 Å². The van der Waals surface area contributed by atoms with Crippen LogP contribution in [0.15, 0.2) is 18.2 Å². The van der Waals surface area contributed by atoms with Gasteiger partial charge < -0.3 is 15.2 Å². The molecule has 0 aliphatic rings. The molecule has 0 radical (unpaired) electrons. The lowest BCUT2D eigenvalue weighted by molar-refractivity contribution is 0.0527. The Morgan fingerprint density at radius 2 is 2.18 bits per heavy atom. The highest BCUT2D eigenvalue weighted by atomic mass is 35.5. The molecule has 3 nitrogen and oxygen atoms in total. The van der Waals surface area contributed by atoms with Gasteiger partial charge in [0, 0.05) is 19.6 Å². The van der Waals surface area contributed by atoms with E-state index in [1.807, 2.05) is 32.0 Å². The fourth-order valence-electron chi connectivity index (χ4n) is 1.53. The first-order valence-corrected chi connectivity index (χ1v) is 6.25. The molecule has 1 rings (SSSR count). The van der Waals surface area contributed by atoms with E-state index in [9.17, 15) is 0 Å². The van der Waals surface area contributed by atoms with Crippen molar-refractivity contribution >= 4 is 11.6 Å². The molecule has 17 heavy (non-hydrogen) atoms. The Balaban J connectivity index is 2.39. The number of rotatable bonds is 7. The van der Waals surface area contributed by atoms with Gasteiger partial charge in [0.25, 0.3) is 0 Å². The van der Waals surface area contributed by atoms with Crippen molar-refractivity contribution in [2.75, 3.05) is 19.8 Å². The summed E-state index contributed by atoms with van der Waals surface area (Å²) < 4.78 is 11.0. The van der Waals surface area contributed by atoms with Gasteiger partial charge in [-0.25, -0.2) is 0 Å². The highest BCUT2D eigenvalue weighted by molar-refractivity contribution is 6.32. The summed E-state index contributed by atoms with van der Waals surface area (Å²) in [5, 5.41) is 0.644. The minimum Gasteiger partial charge on any atom is -0.492 e. The highest BCUT2D eigenvalue weighted by Crippen LogP contribution is 2.25. The minimum atomic E-state index is 0.0595. The molecule has 0 saturated heterocycles. The molecule has 0 heterocycles. The van der Waals surface area contributed by atoms with Crippen molar-refractivity contribution in [3.05, 3.63) is 28.8 Å².